The van der Waals surface area contributed by atoms with Crippen molar-refractivity contribution in [2.45, 2.75) is 6.54 Å². The number of thiol groups is 1. The first-order chi connectivity index (χ1) is 8.60. The summed E-state index contributed by atoms with van der Waals surface area (Å²) in [7, 11) is 1.72. The molecule has 18 heavy (non-hydrogen) atoms. The largest absolute Gasteiger partial charge is 0.482 e. The maximum atomic E-state index is 11.4. The molecule has 1 aromatic carbocycles. The zero-order chi connectivity index (χ0) is 13.1. The predicted molar refractivity (Wildman–Crippen MR) is 70.9 cm³/mol. The minimum Gasteiger partial charge on any atom is -0.482 e. The molecule has 2 rings (SSSR count). The molecule has 1 N–H and O–H groups in total. The third-order valence-corrected chi connectivity index (χ3v) is 2.93. The van der Waals surface area contributed by atoms with E-state index in [1.165, 1.54) is 0 Å². The highest BCUT2D eigenvalue weighted by atomic mass is 32.1. The van der Waals surface area contributed by atoms with Gasteiger partial charge in [0, 0.05) is 13.6 Å². The molecule has 0 atom stereocenters. The number of hydrogen-bond donors (Lipinski definition) is 2. The van der Waals surface area contributed by atoms with Crippen molar-refractivity contribution in [3.05, 3.63) is 23.8 Å². The zero-order valence-electron chi connectivity index (χ0n) is 9.97. The van der Waals surface area contributed by atoms with E-state index in [0.717, 1.165) is 5.56 Å². The molecule has 0 aliphatic carbocycles. The van der Waals surface area contributed by atoms with E-state index in [-0.39, 0.29) is 24.2 Å². The molecule has 1 heterocycles. The first-order valence-corrected chi connectivity index (χ1v) is 6.14. The molecule has 1 aliphatic rings. The first kappa shape index (κ1) is 12.8. The summed E-state index contributed by atoms with van der Waals surface area (Å²) in [6.07, 6.45) is 0. The molecule has 0 aromatic heterocycles. The number of nitrogens with one attached hydrogen (secondary N) is 1. The molecule has 0 bridgehead atoms. The molecule has 0 saturated heterocycles. The maximum Gasteiger partial charge on any atom is 0.262 e. The molecule has 1 aromatic rings. The lowest BCUT2D eigenvalue weighted by atomic mass is 10.1. The number of carbonyl (C=O) groups excluding carboxylic acids is 2. The zero-order valence-corrected chi connectivity index (χ0v) is 10.9. The topological polar surface area (TPSA) is 58.6 Å². The standard InChI is InChI=1S/C12H14N2O3S/c1-14(12(16)7-18)5-8-2-3-10-9(4-8)13-11(15)6-17-10/h2-4,18H,5-7H2,1H3,(H,13,15). The molecular weight excluding hydrogens is 252 g/mol. The molecule has 0 spiro atoms. The Bertz CT molecular complexity index is 490. The van der Waals surface area contributed by atoms with E-state index in [0.29, 0.717) is 18.0 Å². The molecule has 5 nitrogen and oxygen atoms in total. The highest BCUT2D eigenvalue weighted by molar-refractivity contribution is 7.81. The normalized spacial score (nSPS) is 13.3. The monoisotopic (exact) mass is 266 g/mol. The van der Waals surface area contributed by atoms with Crippen LogP contribution in [0.25, 0.3) is 0 Å². The fourth-order valence-electron chi connectivity index (χ4n) is 1.71. The van der Waals surface area contributed by atoms with Crippen molar-refractivity contribution in [3.63, 3.8) is 0 Å². The van der Waals surface area contributed by atoms with Crippen LogP contribution in [0.2, 0.25) is 0 Å². The summed E-state index contributed by atoms with van der Waals surface area (Å²) in [4.78, 5) is 24.2. The summed E-state index contributed by atoms with van der Waals surface area (Å²) in [5.41, 5.74) is 1.58. The van der Waals surface area contributed by atoms with Gasteiger partial charge in [0.05, 0.1) is 11.4 Å². The average molecular weight is 266 g/mol. The second-order valence-corrected chi connectivity index (χ2v) is 4.39. The van der Waals surface area contributed by atoms with Crippen molar-refractivity contribution in [1.29, 1.82) is 0 Å². The van der Waals surface area contributed by atoms with Crippen LogP contribution in [0.1, 0.15) is 5.56 Å². The number of carbonyl (C=O) groups is 2. The van der Waals surface area contributed by atoms with Gasteiger partial charge in [-0.15, -0.1) is 0 Å². The van der Waals surface area contributed by atoms with Crippen molar-refractivity contribution in [1.82, 2.24) is 4.90 Å². The third-order valence-electron chi connectivity index (χ3n) is 2.66. The highest BCUT2D eigenvalue weighted by Crippen LogP contribution is 2.28. The Balaban J connectivity index is 2.13. The molecule has 96 valence electrons. The van der Waals surface area contributed by atoms with Gasteiger partial charge in [-0.3, -0.25) is 9.59 Å². The van der Waals surface area contributed by atoms with Gasteiger partial charge in [-0.05, 0) is 17.7 Å². The van der Waals surface area contributed by atoms with Crippen LogP contribution in [0, 0.1) is 0 Å². The molecule has 0 unspecified atom stereocenters. The Morgan fingerprint density at radius 3 is 3.06 bits per heavy atom. The van der Waals surface area contributed by atoms with E-state index in [2.05, 4.69) is 17.9 Å². The maximum absolute atomic E-state index is 11.4. The van der Waals surface area contributed by atoms with Gasteiger partial charge in [-0.25, -0.2) is 0 Å². The van der Waals surface area contributed by atoms with Gasteiger partial charge < -0.3 is 15.0 Å². The van der Waals surface area contributed by atoms with Crippen molar-refractivity contribution in [2.75, 3.05) is 24.7 Å². The number of nitrogens with zero attached hydrogens (tertiary/aromatic N) is 1. The van der Waals surface area contributed by atoms with Crippen LogP contribution in [0.4, 0.5) is 5.69 Å². The summed E-state index contributed by atoms with van der Waals surface area (Å²) in [6.45, 7) is 0.521. The fraction of sp³-hybridized carbons (Fsp3) is 0.333. The minimum atomic E-state index is -0.167. The smallest absolute Gasteiger partial charge is 0.262 e. The summed E-state index contributed by atoms with van der Waals surface area (Å²) in [5, 5.41) is 2.73. The Morgan fingerprint density at radius 1 is 1.56 bits per heavy atom. The molecule has 0 saturated carbocycles. The van der Waals surface area contributed by atoms with Crippen LogP contribution in [0.3, 0.4) is 0 Å². The fourth-order valence-corrected chi connectivity index (χ4v) is 1.95. The lowest BCUT2D eigenvalue weighted by Gasteiger charge is -2.20. The summed E-state index contributed by atoms with van der Waals surface area (Å²) in [5.74, 6) is 0.624. The van der Waals surface area contributed by atoms with Crippen molar-refractivity contribution < 1.29 is 14.3 Å². The van der Waals surface area contributed by atoms with E-state index in [9.17, 15) is 9.59 Å². The Labute approximate surface area is 111 Å². The average Bonchev–Trinajstić information content (AvgIpc) is 2.37. The molecule has 0 fully saturated rings. The van der Waals surface area contributed by atoms with Crippen molar-refractivity contribution in [3.8, 4) is 5.75 Å². The molecular formula is C12H14N2O3S. The number of hydrogen-bond acceptors (Lipinski definition) is 4. The number of amides is 2. The predicted octanol–water partition coefficient (Wildman–Crippen LogP) is 0.906. The summed E-state index contributed by atoms with van der Waals surface area (Å²) in [6, 6.07) is 5.48. The quantitative estimate of drug-likeness (QED) is 0.799. The number of ether oxygens (including phenoxy) is 1. The van der Waals surface area contributed by atoms with Crippen molar-refractivity contribution >= 4 is 30.1 Å². The van der Waals surface area contributed by atoms with Crippen LogP contribution in [0.15, 0.2) is 18.2 Å². The van der Waals surface area contributed by atoms with Gasteiger partial charge in [0.1, 0.15) is 5.75 Å². The Hall–Kier alpha value is -1.69. The number of benzene rings is 1. The van der Waals surface area contributed by atoms with Crippen LogP contribution in [0.5, 0.6) is 5.75 Å². The Kier molecular flexibility index (Phi) is 3.76. The van der Waals surface area contributed by atoms with E-state index in [1.54, 1.807) is 18.0 Å². The lowest BCUT2D eigenvalue weighted by Crippen LogP contribution is -2.28. The SMILES string of the molecule is CN(Cc1ccc2c(c1)NC(=O)CO2)C(=O)CS. The third kappa shape index (κ3) is 2.76. The van der Waals surface area contributed by atoms with E-state index < -0.39 is 0 Å². The van der Waals surface area contributed by atoms with Crippen LogP contribution in [-0.2, 0) is 16.1 Å². The summed E-state index contributed by atoms with van der Waals surface area (Å²) >= 11 is 3.94. The lowest BCUT2D eigenvalue weighted by molar-refractivity contribution is -0.127. The molecule has 1 aliphatic heterocycles. The second-order valence-electron chi connectivity index (χ2n) is 4.08. The van der Waals surface area contributed by atoms with Gasteiger partial charge in [0.2, 0.25) is 5.91 Å². The van der Waals surface area contributed by atoms with Gasteiger partial charge >= 0.3 is 0 Å². The van der Waals surface area contributed by atoms with Gasteiger partial charge in [-0.2, -0.15) is 12.6 Å². The number of fused-ring (bicyclic) bond motifs is 1. The minimum absolute atomic E-state index is 0.0451. The van der Waals surface area contributed by atoms with Crippen LogP contribution < -0.4 is 10.1 Å². The number of anilines is 1. The van der Waals surface area contributed by atoms with Gasteiger partial charge in [-0.1, -0.05) is 6.07 Å². The molecule has 6 heteroatoms. The van der Waals surface area contributed by atoms with Gasteiger partial charge in [0.25, 0.3) is 5.91 Å². The van der Waals surface area contributed by atoms with E-state index in [4.69, 9.17) is 4.74 Å². The summed E-state index contributed by atoms with van der Waals surface area (Å²) < 4.78 is 5.26. The van der Waals surface area contributed by atoms with Crippen LogP contribution in [-0.4, -0.2) is 36.1 Å². The van der Waals surface area contributed by atoms with Gasteiger partial charge in [0.15, 0.2) is 6.61 Å². The molecule has 0 radical (unpaired) electrons. The Morgan fingerprint density at radius 2 is 2.33 bits per heavy atom. The van der Waals surface area contributed by atoms with Crippen molar-refractivity contribution in [2.24, 2.45) is 0 Å². The van der Waals surface area contributed by atoms with Crippen LogP contribution >= 0.6 is 12.6 Å². The van der Waals surface area contributed by atoms with E-state index in [1.807, 2.05) is 12.1 Å². The molecule has 2 amide bonds. The second kappa shape index (κ2) is 5.30. The number of rotatable bonds is 3. The first-order valence-electron chi connectivity index (χ1n) is 5.50. The highest BCUT2D eigenvalue weighted by Gasteiger charge is 2.16. The van der Waals surface area contributed by atoms with E-state index >= 15 is 0 Å².